The summed E-state index contributed by atoms with van der Waals surface area (Å²) in [4.78, 5) is 23.3. The van der Waals surface area contributed by atoms with Crippen LogP contribution in [0.3, 0.4) is 0 Å². The number of hydrogen-bond acceptors (Lipinski definition) is 6. The van der Waals surface area contributed by atoms with E-state index in [0.717, 1.165) is 16.3 Å². The fraction of sp³-hybridized carbons (Fsp3) is 0.0833. The average Bonchev–Trinajstić information content (AvgIpc) is 3.32. The SMILES string of the molecule is COc1ccc2ccccc2c1-c1cc(C(=O)N/N=C/c2ccccc2OCC(=O)O)[nH]n1. The molecule has 0 saturated carbocycles. The maximum absolute atomic E-state index is 12.6. The Hall–Kier alpha value is -4.66. The summed E-state index contributed by atoms with van der Waals surface area (Å²) in [6.07, 6.45) is 1.38. The zero-order chi connectivity index (χ0) is 23.2. The normalized spacial score (nSPS) is 10.9. The number of amides is 1. The number of nitrogens with zero attached hydrogens (tertiary/aromatic N) is 2. The van der Waals surface area contributed by atoms with E-state index in [1.54, 1.807) is 37.4 Å². The van der Waals surface area contributed by atoms with E-state index in [-0.39, 0.29) is 5.69 Å². The first-order chi connectivity index (χ1) is 16.1. The van der Waals surface area contributed by atoms with Crippen LogP contribution in [-0.2, 0) is 4.79 Å². The van der Waals surface area contributed by atoms with E-state index in [0.29, 0.717) is 22.8 Å². The van der Waals surface area contributed by atoms with Gasteiger partial charge in [-0.15, -0.1) is 0 Å². The summed E-state index contributed by atoms with van der Waals surface area (Å²) in [7, 11) is 1.58. The van der Waals surface area contributed by atoms with Crippen LogP contribution in [0.1, 0.15) is 16.1 Å². The van der Waals surface area contributed by atoms with Gasteiger partial charge >= 0.3 is 5.97 Å². The second kappa shape index (κ2) is 9.65. The van der Waals surface area contributed by atoms with Gasteiger partial charge in [0.25, 0.3) is 5.91 Å². The number of hydrogen-bond donors (Lipinski definition) is 3. The van der Waals surface area contributed by atoms with Crippen molar-refractivity contribution in [3.8, 4) is 22.8 Å². The van der Waals surface area contributed by atoms with Crippen molar-refractivity contribution in [2.45, 2.75) is 0 Å². The highest BCUT2D eigenvalue weighted by atomic mass is 16.5. The standard InChI is InChI=1S/C24H20N4O5/c1-32-21-11-10-15-6-2-4-8-17(15)23(21)18-12-19(27-26-18)24(31)28-25-13-16-7-3-5-9-20(16)33-14-22(29)30/h2-13H,14H2,1H3,(H,26,27)(H,28,31)(H,29,30)/b25-13+. The Balaban J connectivity index is 1.52. The molecule has 0 fully saturated rings. The third-order valence-electron chi connectivity index (χ3n) is 4.83. The van der Waals surface area contributed by atoms with Crippen molar-refractivity contribution < 1.29 is 24.2 Å². The van der Waals surface area contributed by atoms with Gasteiger partial charge in [-0.25, -0.2) is 10.2 Å². The number of rotatable bonds is 8. The van der Waals surface area contributed by atoms with E-state index < -0.39 is 18.5 Å². The lowest BCUT2D eigenvalue weighted by Crippen LogP contribution is -2.18. The van der Waals surface area contributed by atoms with Crippen LogP contribution in [0.25, 0.3) is 22.0 Å². The third kappa shape index (κ3) is 4.82. The summed E-state index contributed by atoms with van der Waals surface area (Å²) in [5.74, 6) is -0.603. The van der Waals surface area contributed by atoms with Crippen LogP contribution < -0.4 is 14.9 Å². The number of H-pyrrole nitrogens is 1. The van der Waals surface area contributed by atoms with E-state index in [9.17, 15) is 9.59 Å². The molecule has 0 atom stereocenters. The summed E-state index contributed by atoms with van der Waals surface area (Å²) in [5.41, 5.74) is 4.50. The molecule has 0 aliphatic carbocycles. The van der Waals surface area contributed by atoms with E-state index in [2.05, 4.69) is 20.7 Å². The summed E-state index contributed by atoms with van der Waals surface area (Å²) in [5, 5.41) is 21.7. The quantitative estimate of drug-likeness (QED) is 0.282. The van der Waals surface area contributed by atoms with Crippen LogP contribution in [-0.4, -0.2) is 47.1 Å². The number of carboxylic acid groups (broad SMARTS) is 1. The Bertz CT molecular complexity index is 1350. The molecule has 0 spiro atoms. The monoisotopic (exact) mass is 444 g/mol. The smallest absolute Gasteiger partial charge is 0.341 e. The number of nitrogens with one attached hydrogen (secondary N) is 2. The van der Waals surface area contributed by atoms with Crippen LogP contribution in [0.5, 0.6) is 11.5 Å². The van der Waals surface area contributed by atoms with E-state index in [1.807, 2.05) is 36.4 Å². The van der Waals surface area contributed by atoms with Gasteiger partial charge in [0, 0.05) is 5.56 Å². The number of carbonyl (C=O) groups excluding carboxylic acids is 1. The minimum Gasteiger partial charge on any atom is -0.496 e. The first-order valence-electron chi connectivity index (χ1n) is 9.95. The number of benzene rings is 3. The molecule has 166 valence electrons. The number of methoxy groups -OCH3 is 1. The van der Waals surface area contributed by atoms with Gasteiger partial charge in [0.2, 0.25) is 0 Å². The number of carbonyl (C=O) groups is 2. The molecule has 1 aromatic heterocycles. The molecule has 1 amide bonds. The lowest BCUT2D eigenvalue weighted by atomic mass is 10.0. The number of aliphatic carboxylic acids is 1. The summed E-state index contributed by atoms with van der Waals surface area (Å²) < 4.78 is 10.7. The molecular weight excluding hydrogens is 424 g/mol. The molecule has 1 heterocycles. The molecule has 0 unspecified atom stereocenters. The van der Waals surface area contributed by atoms with Crippen molar-refractivity contribution in [3.05, 3.63) is 78.0 Å². The van der Waals surface area contributed by atoms with Crippen LogP contribution >= 0.6 is 0 Å². The molecule has 0 bridgehead atoms. The number of fused-ring (bicyclic) bond motifs is 1. The molecule has 4 aromatic rings. The molecule has 0 radical (unpaired) electrons. The lowest BCUT2D eigenvalue weighted by molar-refractivity contribution is -0.139. The van der Waals surface area contributed by atoms with Gasteiger partial charge < -0.3 is 14.6 Å². The Morgan fingerprint density at radius 1 is 1.09 bits per heavy atom. The first kappa shape index (κ1) is 21.6. The highest BCUT2D eigenvalue weighted by Crippen LogP contribution is 2.36. The Kier molecular flexibility index (Phi) is 6.31. The largest absolute Gasteiger partial charge is 0.496 e. The van der Waals surface area contributed by atoms with Gasteiger partial charge in [0.05, 0.1) is 24.6 Å². The maximum atomic E-state index is 12.6. The molecule has 4 rings (SSSR count). The van der Waals surface area contributed by atoms with Gasteiger partial charge in [-0.05, 0) is 35.0 Å². The van der Waals surface area contributed by atoms with E-state index >= 15 is 0 Å². The van der Waals surface area contributed by atoms with Gasteiger partial charge in [0.15, 0.2) is 6.61 Å². The molecule has 9 nitrogen and oxygen atoms in total. The first-order valence-corrected chi connectivity index (χ1v) is 9.95. The molecule has 3 aromatic carbocycles. The van der Waals surface area contributed by atoms with E-state index in [4.69, 9.17) is 14.6 Å². The number of aromatic nitrogens is 2. The second-order valence-electron chi connectivity index (χ2n) is 6.95. The zero-order valence-corrected chi connectivity index (χ0v) is 17.6. The summed E-state index contributed by atoms with van der Waals surface area (Å²) >= 11 is 0. The number of hydrazone groups is 1. The van der Waals surface area contributed by atoms with Crippen LogP contribution in [0.4, 0.5) is 0 Å². The highest BCUT2D eigenvalue weighted by Gasteiger charge is 2.16. The molecule has 0 saturated heterocycles. The minimum atomic E-state index is -1.09. The number of para-hydroxylation sites is 1. The highest BCUT2D eigenvalue weighted by molar-refractivity contribution is 6.00. The van der Waals surface area contributed by atoms with Gasteiger partial charge in [0.1, 0.15) is 17.2 Å². The Labute approximate surface area is 188 Å². The summed E-state index contributed by atoms with van der Waals surface area (Å²) in [6, 6.07) is 20.0. The van der Waals surface area contributed by atoms with Gasteiger partial charge in [-0.1, -0.05) is 42.5 Å². The van der Waals surface area contributed by atoms with Crippen LogP contribution in [0.15, 0.2) is 71.8 Å². The number of carboxylic acids is 1. The van der Waals surface area contributed by atoms with Gasteiger partial charge in [-0.3, -0.25) is 9.89 Å². The summed E-state index contributed by atoms with van der Waals surface area (Å²) in [6.45, 7) is -0.480. The maximum Gasteiger partial charge on any atom is 0.341 e. The predicted octanol–water partition coefficient (Wildman–Crippen LogP) is 3.47. The fourth-order valence-corrected chi connectivity index (χ4v) is 3.33. The topological polar surface area (TPSA) is 126 Å². The van der Waals surface area contributed by atoms with Gasteiger partial charge in [-0.2, -0.15) is 10.2 Å². The van der Waals surface area contributed by atoms with Crippen molar-refractivity contribution in [1.82, 2.24) is 15.6 Å². The van der Waals surface area contributed by atoms with Crippen LogP contribution in [0, 0.1) is 0 Å². The second-order valence-corrected chi connectivity index (χ2v) is 6.95. The average molecular weight is 444 g/mol. The van der Waals surface area contributed by atoms with Crippen molar-refractivity contribution >= 4 is 28.9 Å². The molecule has 0 aliphatic rings. The molecule has 0 aliphatic heterocycles. The molecule has 3 N–H and O–H groups in total. The molecular formula is C24H20N4O5. The zero-order valence-electron chi connectivity index (χ0n) is 17.6. The van der Waals surface area contributed by atoms with Crippen LogP contribution in [0.2, 0.25) is 0 Å². The van der Waals surface area contributed by atoms with E-state index in [1.165, 1.54) is 6.21 Å². The fourth-order valence-electron chi connectivity index (χ4n) is 3.33. The van der Waals surface area contributed by atoms with Crippen molar-refractivity contribution in [2.75, 3.05) is 13.7 Å². The Morgan fingerprint density at radius 2 is 1.88 bits per heavy atom. The number of ether oxygens (including phenoxy) is 2. The minimum absolute atomic E-state index is 0.215. The Morgan fingerprint density at radius 3 is 2.70 bits per heavy atom. The number of aromatic amines is 1. The molecule has 33 heavy (non-hydrogen) atoms. The third-order valence-corrected chi connectivity index (χ3v) is 4.83. The van der Waals surface area contributed by atoms with Crippen molar-refractivity contribution in [1.29, 1.82) is 0 Å². The van der Waals surface area contributed by atoms with Crippen molar-refractivity contribution in [3.63, 3.8) is 0 Å². The van der Waals surface area contributed by atoms with Crippen molar-refractivity contribution in [2.24, 2.45) is 5.10 Å². The molecule has 9 heteroatoms. The lowest BCUT2D eigenvalue weighted by Gasteiger charge is -2.09. The predicted molar refractivity (Wildman–Crippen MR) is 123 cm³/mol.